The van der Waals surface area contributed by atoms with Crippen LogP contribution in [0.2, 0.25) is 0 Å². The maximum atomic E-state index is 12.7. The van der Waals surface area contributed by atoms with Gasteiger partial charge in [-0.15, -0.1) is 12.4 Å². The van der Waals surface area contributed by atoms with Crippen LogP contribution < -0.4 is 10.5 Å². The molecule has 2 atom stereocenters. The minimum absolute atomic E-state index is 0. The average Bonchev–Trinajstić information content (AvgIpc) is 2.91. The summed E-state index contributed by atoms with van der Waals surface area (Å²) in [5.41, 5.74) is 7.21. The molecule has 1 aromatic heterocycles. The highest BCUT2D eigenvalue weighted by molar-refractivity contribution is 7.88. The van der Waals surface area contributed by atoms with Gasteiger partial charge in [-0.2, -0.15) is 0 Å². The van der Waals surface area contributed by atoms with Gasteiger partial charge in [0.2, 0.25) is 10.0 Å². The lowest BCUT2D eigenvalue weighted by Crippen LogP contribution is -2.53. The molecule has 8 heteroatoms. The lowest BCUT2D eigenvalue weighted by Gasteiger charge is -2.44. The molecule has 2 saturated carbocycles. The summed E-state index contributed by atoms with van der Waals surface area (Å²) in [4.78, 5) is 0. The fourth-order valence-corrected chi connectivity index (χ4v) is 5.90. The standard InChI is InChI=1S/C17H23N3O3S.ClH/c18-13-8-11-4-3-5-12(9-13)17(11)20-24(21,22)10-15-14-6-1-2-7-16(14)23-19-15;/h1-2,6-7,11-13,17,20H,3-5,8-10,18H2;1H. The van der Waals surface area contributed by atoms with E-state index in [1.807, 2.05) is 18.2 Å². The molecule has 1 heterocycles. The molecule has 138 valence electrons. The molecule has 2 aliphatic rings. The number of hydrogen-bond acceptors (Lipinski definition) is 5. The van der Waals surface area contributed by atoms with Crippen molar-refractivity contribution in [1.82, 2.24) is 9.88 Å². The van der Waals surface area contributed by atoms with Crippen LogP contribution in [0.15, 0.2) is 28.8 Å². The van der Waals surface area contributed by atoms with Gasteiger partial charge in [0.1, 0.15) is 11.4 Å². The molecular weight excluding hydrogens is 362 g/mol. The van der Waals surface area contributed by atoms with Crippen molar-refractivity contribution in [2.75, 3.05) is 0 Å². The van der Waals surface area contributed by atoms with Crippen molar-refractivity contribution in [3.8, 4) is 0 Å². The van der Waals surface area contributed by atoms with Crippen molar-refractivity contribution < 1.29 is 12.9 Å². The molecule has 2 aliphatic carbocycles. The Balaban J connectivity index is 0.00000182. The van der Waals surface area contributed by atoms with E-state index in [1.54, 1.807) is 6.07 Å². The number of aromatic nitrogens is 1. The van der Waals surface area contributed by atoms with Crippen LogP contribution in [-0.4, -0.2) is 25.7 Å². The summed E-state index contributed by atoms with van der Waals surface area (Å²) >= 11 is 0. The van der Waals surface area contributed by atoms with Crippen molar-refractivity contribution in [2.45, 2.75) is 49.9 Å². The summed E-state index contributed by atoms with van der Waals surface area (Å²) in [6.45, 7) is 0. The van der Waals surface area contributed by atoms with E-state index in [0.29, 0.717) is 23.1 Å². The highest BCUT2D eigenvalue weighted by Gasteiger charge is 2.41. The highest BCUT2D eigenvalue weighted by atomic mass is 35.5. The predicted octanol–water partition coefficient (Wildman–Crippen LogP) is 2.58. The topological polar surface area (TPSA) is 98.2 Å². The van der Waals surface area contributed by atoms with E-state index in [1.165, 1.54) is 6.42 Å². The zero-order valence-corrected chi connectivity index (χ0v) is 15.6. The van der Waals surface area contributed by atoms with E-state index < -0.39 is 10.0 Å². The first-order chi connectivity index (χ1) is 11.5. The number of benzene rings is 1. The first kappa shape index (κ1) is 18.6. The van der Waals surface area contributed by atoms with Crippen LogP contribution in [0.5, 0.6) is 0 Å². The van der Waals surface area contributed by atoms with E-state index in [4.69, 9.17) is 10.3 Å². The summed E-state index contributed by atoms with van der Waals surface area (Å²) in [5, 5.41) is 4.70. The smallest absolute Gasteiger partial charge is 0.217 e. The van der Waals surface area contributed by atoms with Crippen LogP contribution in [0, 0.1) is 11.8 Å². The Hall–Kier alpha value is -1.15. The summed E-state index contributed by atoms with van der Waals surface area (Å²) < 4.78 is 33.6. The normalized spacial score (nSPS) is 29.3. The Labute approximate surface area is 154 Å². The zero-order chi connectivity index (χ0) is 16.7. The first-order valence-electron chi connectivity index (χ1n) is 8.61. The summed E-state index contributed by atoms with van der Waals surface area (Å²) in [6.07, 6.45) is 5.12. The molecule has 2 unspecified atom stereocenters. The molecule has 1 aromatic carbocycles. The number of hydrogen-bond donors (Lipinski definition) is 2. The molecule has 3 N–H and O–H groups in total. The van der Waals surface area contributed by atoms with Gasteiger partial charge < -0.3 is 10.3 Å². The molecule has 2 aromatic rings. The quantitative estimate of drug-likeness (QED) is 0.842. The molecule has 0 aliphatic heterocycles. The Morgan fingerprint density at radius 1 is 1.20 bits per heavy atom. The zero-order valence-electron chi connectivity index (χ0n) is 13.9. The average molecular weight is 386 g/mol. The molecular formula is C17H24ClN3O3S. The van der Waals surface area contributed by atoms with Gasteiger partial charge >= 0.3 is 0 Å². The van der Waals surface area contributed by atoms with Gasteiger partial charge in [-0.25, -0.2) is 13.1 Å². The summed E-state index contributed by atoms with van der Waals surface area (Å²) in [6, 6.07) is 7.55. The van der Waals surface area contributed by atoms with E-state index in [0.717, 1.165) is 31.1 Å². The van der Waals surface area contributed by atoms with Gasteiger partial charge in [0, 0.05) is 17.5 Å². The lowest BCUT2D eigenvalue weighted by atomic mass is 9.67. The molecule has 2 bridgehead atoms. The summed E-state index contributed by atoms with van der Waals surface area (Å²) in [7, 11) is -3.47. The number of rotatable bonds is 4. The number of sulfonamides is 1. The molecule has 4 rings (SSSR count). The van der Waals surface area contributed by atoms with Gasteiger partial charge in [-0.1, -0.05) is 23.7 Å². The fourth-order valence-electron chi connectivity index (χ4n) is 4.45. The third-order valence-electron chi connectivity index (χ3n) is 5.47. The Morgan fingerprint density at radius 3 is 2.60 bits per heavy atom. The third-order valence-corrected chi connectivity index (χ3v) is 6.76. The van der Waals surface area contributed by atoms with Crippen LogP contribution in [0.25, 0.3) is 11.0 Å². The molecule has 2 fully saturated rings. The van der Waals surface area contributed by atoms with E-state index in [2.05, 4.69) is 9.88 Å². The molecule has 0 saturated heterocycles. The Bertz CT molecular complexity index is 825. The molecule has 0 radical (unpaired) electrons. The molecule has 0 spiro atoms. The minimum atomic E-state index is -3.47. The van der Waals surface area contributed by atoms with Crippen LogP contribution in [0.3, 0.4) is 0 Å². The van der Waals surface area contributed by atoms with Crippen molar-refractivity contribution in [3.05, 3.63) is 30.0 Å². The van der Waals surface area contributed by atoms with Crippen LogP contribution in [0.4, 0.5) is 0 Å². The monoisotopic (exact) mass is 385 g/mol. The molecule has 25 heavy (non-hydrogen) atoms. The van der Waals surface area contributed by atoms with Crippen LogP contribution in [0.1, 0.15) is 37.8 Å². The van der Waals surface area contributed by atoms with Gasteiger partial charge in [-0.3, -0.25) is 0 Å². The Kier molecular flexibility index (Phi) is 5.39. The number of fused-ring (bicyclic) bond motifs is 3. The number of para-hydroxylation sites is 1. The van der Waals surface area contributed by atoms with Crippen molar-refractivity contribution in [2.24, 2.45) is 17.6 Å². The minimum Gasteiger partial charge on any atom is -0.356 e. The largest absolute Gasteiger partial charge is 0.356 e. The van der Waals surface area contributed by atoms with Gasteiger partial charge in [0.25, 0.3) is 0 Å². The maximum absolute atomic E-state index is 12.7. The lowest BCUT2D eigenvalue weighted by molar-refractivity contribution is 0.125. The second kappa shape index (κ2) is 7.23. The third kappa shape index (κ3) is 3.84. The highest BCUT2D eigenvalue weighted by Crippen LogP contribution is 2.40. The molecule has 0 amide bonds. The maximum Gasteiger partial charge on any atom is 0.217 e. The summed E-state index contributed by atoms with van der Waals surface area (Å²) in [5.74, 6) is 0.569. The number of halogens is 1. The predicted molar refractivity (Wildman–Crippen MR) is 98.8 cm³/mol. The van der Waals surface area contributed by atoms with Crippen molar-refractivity contribution in [3.63, 3.8) is 0 Å². The fraction of sp³-hybridized carbons (Fsp3) is 0.588. The van der Waals surface area contributed by atoms with Crippen LogP contribution >= 0.6 is 12.4 Å². The van der Waals surface area contributed by atoms with Gasteiger partial charge in [0.05, 0.1) is 0 Å². The van der Waals surface area contributed by atoms with Crippen molar-refractivity contribution >= 4 is 33.4 Å². The molecule has 6 nitrogen and oxygen atoms in total. The van der Waals surface area contributed by atoms with Crippen LogP contribution in [-0.2, 0) is 15.8 Å². The van der Waals surface area contributed by atoms with E-state index in [9.17, 15) is 8.42 Å². The van der Waals surface area contributed by atoms with Gasteiger partial charge in [0.15, 0.2) is 5.58 Å². The Morgan fingerprint density at radius 2 is 1.88 bits per heavy atom. The van der Waals surface area contributed by atoms with Crippen molar-refractivity contribution in [1.29, 1.82) is 0 Å². The number of nitrogens with one attached hydrogen (secondary N) is 1. The number of nitrogens with two attached hydrogens (primary N) is 1. The second-order valence-corrected chi connectivity index (χ2v) is 8.96. The SMILES string of the molecule is Cl.NC1CC2CCCC(C1)C2NS(=O)(=O)Cc1noc2ccccc12. The first-order valence-corrected chi connectivity index (χ1v) is 10.3. The second-order valence-electron chi connectivity index (χ2n) is 7.21. The van der Waals surface area contributed by atoms with Gasteiger partial charge in [-0.05, 0) is 49.7 Å². The number of nitrogens with zero attached hydrogens (tertiary/aromatic N) is 1. The van der Waals surface area contributed by atoms with E-state index in [-0.39, 0.29) is 30.2 Å². The van der Waals surface area contributed by atoms with E-state index >= 15 is 0 Å².